The van der Waals surface area contributed by atoms with Crippen molar-refractivity contribution in [1.82, 2.24) is 19.5 Å². The number of rotatable bonds is 4. The van der Waals surface area contributed by atoms with Crippen LogP contribution in [0.5, 0.6) is 0 Å². The van der Waals surface area contributed by atoms with Gasteiger partial charge < -0.3 is 4.90 Å². The van der Waals surface area contributed by atoms with E-state index in [0.29, 0.717) is 28.5 Å². The molecular formula is C43H30F6N6. The third-order valence-corrected chi connectivity index (χ3v) is 10.7. The van der Waals surface area contributed by atoms with Gasteiger partial charge in [0, 0.05) is 63.6 Å². The van der Waals surface area contributed by atoms with Crippen LogP contribution in [0.1, 0.15) is 34.7 Å². The second-order valence-corrected chi connectivity index (χ2v) is 14.2. The van der Waals surface area contributed by atoms with Crippen molar-refractivity contribution < 1.29 is 26.3 Å². The summed E-state index contributed by atoms with van der Waals surface area (Å²) >= 11 is 0. The Morgan fingerprint density at radius 3 is 1.87 bits per heavy atom. The van der Waals surface area contributed by atoms with Gasteiger partial charge in [-0.05, 0) is 122 Å². The summed E-state index contributed by atoms with van der Waals surface area (Å²) in [5.74, 6) is 0.634. The van der Waals surface area contributed by atoms with Crippen molar-refractivity contribution >= 4 is 39.8 Å². The van der Waals surface area contributed by atoms with E-state index in [1.807, 2.05) is 43.0 Å². The Kier molecular flexibility index (Phi) is 7.59. The van der Waals surface area contributed by atoms with Crippen molar-refractivity contribution in [3.63, 3.8) is 0 Å². The van der Waals surface area contributed by atoms with Crippen molar-refractivity contribution in [3.8, 4) is 27.9 Å². The maximum absolute atomic E-state index is 13.4. The number of hydrogen-bond acceptors (Lipinski definition) is 5. The minimum Gasteiger partial charge on any atom is -0.302 e. The van der Waals surface area contributed by atoms with Crippen LogP contribution in [0.2, 0.25) is 0 Å². The van der Waals surface area contributed by atoms with Gasteiger partial charge in [-0.25, -0.2) is 15.0 Å². The Labute approximate surface area is 311 Å². The molecule has 0 saturated heterocycles. The van der Waals surface area contributed by atoms with E-state index in [-0.39, 0.29) is 0 Å². The lowest BCUT2D eigenvalue weighted by Gasteiger charge is -2.33. The first-order chi connectivity index (χ1) is 26.2. The lowest BCUT2D eigenvalue weighted by atomic mass is 9.80. The van der Waals surface area contributed by atoms with Gasteiger partial charge in [0.05, 0.1) is 16.5 Å². The Morgan fingerprint density at radius 2 is 1.24 bits per heavy atom. The number of nitrogens with zero attached hydrogens (tertiary/aromatic N) is 6. The third kappa shape index (κ3) is 5.49. The number of pyridine rings is 3. The Balaban J connectivity index is 1.10. The quantitative estimate of drug-likeness (QED) is 0.168. The lowest BCUT2D eigenvalue weighted by molar-refractivity contribution is -0.138. The summed E-state index contributed by atoms with van der Waals surface area (Å²) < 4.78 is 81.9. The molecule has 55 heavy (non-hydrogen) atoms. The third-order valence-electron chi connectivity index (χ3n) is 10.7. The van der Waals surface area contributed by atoms with Crippen LogP contribution in [0, 0.1) is 13.8 Å². The number of aryl methyl sites for hydroxylation is 2. The molecule has 2 atom stereocenters. The van der Waals surface area contributed by atoms with E-state index in [0.717, 1.165) is 74.0 Å². The van der Waals surface area contributed by atoms with Gasteiger partial charge in [0.25, 0.3) is 0 Å². The molecule has 0 spiro atoms. The molecule has 0 N–H and O–H groups in total. The van der Waals surface area contributed by atoms with Gasteiger partial charge in [0.2, 0.25) is 0 Å². The van der Waals surface area contributed by atoms with Crippen molar-refractivity contribution in [2.75, 3.05) is 4.90 Å². The number of dihydropyridines is 1. The molecule has 6 nitrogen and oxygen atoms in total. The minimum absolute atomic E-state index is 0.431. The molecular weight excluding hydrogens is 715 g/mol. The molecule has 3 aromatic carbocycles. The fraction of sp³-hybridized carbons (Fsp3) is 0.163. The number of aliphatic imine (C=N–C) groups is 1. The molecule has 4 aromatic heterocycles. The zero-order valence-corrected chi connectivity index (χ0v) is 29.6. The number of anilines is 2. The van der Waals surface area contributed by atoms with Crippen LogP contribution >= 0.6 is 0 Å². The van der Waals surface area contributed by atoms with Crippen LogP contribution in [-0.4, -0.2) is 31.9 Å². The van der Waals surface area contributed by atoms with Gasteiger partial charge in [-0.15, -0.1) is 0 Å². The van der Waals surface area contributed by atoms with Gasteiger partial charge >= 0.3 is 12.4 Å². The van der Waals surface area contributed by atoms with Gasteiger partial charge in [0.1, 0.15) is 23.3 Å². The summed E-state index contributed by atoms with van der Waals surface area (Å²) in [6, 6.07) is 22.2. The topological polar surface area (TPSA) is 59.2 Å². The van der Waals surface area contributed by atoms with E-state index in [1.54, 1.807) is 29.4 Å². The summed E-state index contributed by atoms with van der Waals surface area (Å²) in [5, 5.41) is 1.63. The first-order valence-corrected chi connectivity index (χ1v) is 17.5. The van der Waals surface area contributed by atoms with Crippen LogP contribution in [0.25, 0.3) is 50.0 Å². The molecule has 0 aliphatic carbocycles. The number of alkyl halides is 6. The van der Waals surface area contributed by atoms with E-state index in [4.69, 9.17) is 15.0 Å². The maximum atomic E-state index is 13.4. The molecule has 9 rings (SSSR count). The Bertz CT molecular complexity index is 2730. The molecule has 0 radical (unpaired) electrons. The molecule has 2 unspecified atom stereocenters. The Morgan fingerprint density at radius 1 is 0.655 bits per heavy atom. The van der Waals surface area contributed by atoms with Crippen LogP contribution < -0.4 is 4.90 Å². The summed E-state index contributed by atoms with van der Waals surface area (Å²) in [6.45, 7) is 6.12. The lowest BCUT2D eigenvalue weighted by Crippen LogP contribution is -2.39. The summed E-state index contributed by atoms with van der Waals surface area (Å²) in [4.78, 5) is 21.0. The normalized spacial score (nSPS) is 18.0. The molecule has 0 saturated carbocycles. The molecule has 2 aliphatic rings. The van der Waals surface area contributed by atoms with Gasteiger partial charge in [0.15, 0.2) is 0 Å². The smallest absolute Gasteiger partial charge is 0.302 e. The molecule has 7 aromatic rings. The van der Waals surface area contributed by atoms with E-state index in [9.17, 15) is 26.3 Å². The van der Waals surface area contributed by atoms with Crippen molar-refractivity contribution in [2.45, 2.75) is 44.7 Å². The molecule has 12 heteroatoms. The number of aromatic nitrogens is 4. The van der Waals surface area contributed by atoms with E-state index in [1.165, 1.54) is 24.3 Å². The average molecular weight is 745 g/mol. The number of benzene rings is 3. The van der Waals surface area contributed by atoms with Crippen LogP contribution in [0.4, 0.5) is 37.8 Å². The van der Waals surface area contributed by atoms with Crippen LogP contribution in [0.15, 0.2) is 121 Å². The molecule has 2 aliphatic heterocycles. The second kappa shape index (κ2) is 12.1. The monoisotopic (exact) mass is 744 g/mol. The van der Waals surface area contributed by atoms with Gasteiger partial charge in [-0.1, -0.05) is 18.2 Å². The zero-order valence-electron chi connectivity index (χ0n) is 29.6. The van der Waals surface area contributed by atoms with Crippen molar-refractivity contribution in [1.29, 1.82) is 0 Å². The molecule has 0 amide bonds. The fourth-order valence-electron chi connectivity index (χ4n) is 7.91. The highest BCUT2D eigenvalue weighted by Crippen LogP contribution is 2.51. The number of hydrogen-bond donors (Lipinski definition) is 0. The second-order valence-electron chi connectivity index (χ2n) is 14.2. The van der Waals surface area contributed by atoms with Crippen molar-refractivity contribution in [2.24, 2.45) is 4.99 Å². The molecule has 274 valence electrons. The highest BCUT2D eigenvalue weighted by molar-refractivity contribution is 6.07. The predicted octanol–water partition coefficient (Wildman–Crippen LogP) is 11.3. The molecule has 0 fully saturated rings. The minimum atomic E-state index is -4.45. The Hall–Kier alpha value is -6.30. The van der Waals surface area contributed by atoms with Crippen LogP contribution in [-0.2, 0) is 17.8 Å². The van der Waals surface area contributed by atoms with E-state index >= 15 is 0 Å². The van der Waals surface area contributed by atoms with E-state index < -0.39 is 35.1 Å². The SMILES string of the molecule is Cc1cc(-c2cnc3c(c2)c2cccnc2n3-c2ccc(C(F)(F)F)cc2)c(C)cc1-c1cnc2c(c1)C1(C)C=CC=NC1N2c1ccc(C(F)(F)F)cc1. The van der Waals surface area contributed by atoms with Crippen LogP contribution in [0.3, 0.4) is 0 Å². The zero-order chi connectivity index (χ0) is 38.4. The fourth-order valence-corrected chi connectivity index (χ4v) is 7.91. The highest BCUT2D eigenvalue weighted by Gasteiger charge is 2.49. The summed E-state index contributed by atoms with van der Waals surface area (Å²) in [7, 11) is 0. The predicted molar refractivity (Wildman–Crippen MR) is 202 cm³/mol. The maximum Gasteiger partial charge on any atom is 0.416 e. The molecule has 0 bridgehead atoms. The average Bonchev–Trinajstić information content (AvgIpc) is 3.63. The summed E-state index contributed by atoms with van der Waals surface area (Å²) in [5.41, 5.74) is 6.80. The van der Waals surface area contributed by atoms with Gasteiger partial charge in [-0.2, -0.15) is 26.3 Å². The largest absolute Gasteiger partial charge is 0.416 e. The standard InChI is InChI=1S/C43H30F6N6/c1-24-19-34(27-21-36-39(53-23-27)55(40-41(36,3)15-5-17-51-40)31-13-9-29(10-14-31)43(47,48)49)25(2)18-33(24)26-20-35-32-6-4-16-50-37(32)54(38(35)52-22-26)30-11-7-28(8-12-30)42(44,45)46/h4-23,40H,1-3H3. The summed E-state index contributed by atoms with van der Waals surface area (Å²) in [6.07, 6.45) is 1.54. The highest BCUT2D eigenvalue weighted by atomic mass is 19.4. The number of allylic oxidation sites excluding steroid dienone is 1. The first kappa shape index (κ1) is 34.5. The van der Waals surface area contributed by atoms with Gasteiger partial charge in [-0.3, -0.25) is 9.56 Å². The van der Waals surface area contributed by atoms with E-state index in [2.05, 4.69) is 36.2 Å². The first-order valence-electron chi connectivity index (χ1n) is 17.5. The number of halogens is 6. The number of fused-ring (bicyclic) bond motifs is 6. The molecule has 6 heterocycles. The van der Waals surface area contributed by atoms with Crippen molar-refractivity contribution in [3.05, 3.63) is 143 Å².